The molecule has 0 aromatic carbocycles. The van der Waals surface area contributed by atoms with Gasteiger partial charge in [0.15, 0.2) is 11.5 Å². The molecule has 9 nitrogen and oxygen atoms in total. The Morgan fingerprint density at radius 2 is 1.96 bits per heavy atom. The number of nitrogens with zero attached hydrogens (tertiary/aromatic N) is 5. The van der Waals surface area contributed by atoms with E-state index in [1.807, 2.05) is 4.90 Å². The van der Waals surface area contributed by atoms with Crippen LogP contribution in [0.5, 0.6) is 0 Å². The van der Waals surface area contributed by atoms with Crippen molar-refractivity contribution < 1.29 is 12.4 Å². The molecule has 1 fully saturated rings. The van der Waals surface area contributed by atoms with E-state index in [1.165, 1.54) is 6.20 Å². The molecule has 3 heterocycles. The van der Waals surface area contributed by atoms with Crippen LogP contribution in [0.15, 0.2) is 30.6 Å². The van der Waals surface area contributed by atoms with Gasteiger partial charge in [-0.3, -0.25) is 9.59 Å². The van der Waals surface area contributed by atoms with Crippen LogP contribution in [0.1, 0.15) is 20.3 Å². The Balaban J connectivity index is 0.00000182. The summed E-state index contributed by atoms with van der Waals surface area (Å²) >= 11 is 0. The Labute approximate surface area is 147 Å². The largest absolute Gasteiger partial charge is 0.382 e. The second-order valence-corrected chi connectivity index (χ2v) is 5.62. The van der Waals surface area contributed by atoms with Crippen molar-refractivity contribution in [2.24, 2.45) is 0 Å². The van der Waals surface area contributed by atoms with Crippen molar-refractivity contribution in [1.29, 1.82) is 0 Å². The van der Waals surface area contributed by atoms with Crippen molar-refractivity contribution in [3.05, 3.63) is 36.3 Å². The first-order valence-electron chi connectivity index (χ1n) is 7.90. The summed E-state index contributed by atoms with van der Waals surface area (Å²) in [6.07, 6.45) is 3.12. The first kappa shape index (κ1) is 16.6. The Kier molecular flexibility index (Phi) is 4.73. The highest BCUT2D eigenvalue weighted by Gasteiger charge is 2.22. The smallest absolute Gasteiger partial charge is 0.279 e. The molecule has 3 N–H and O–H groups in total. The van der Waals surface area contributed by atoms with Gasteiger partial charge in [-0.2, -0.15) is 0 Å². The van der Waals surface area contributed by atoms with E-state index in [4.69, 9.17) is 5.73 Å². The van der Waals surface area contributed by atoms with Gasteiger partial charge in [-0.1, -0.05) is 6.07 Å². The Hall–Kier alpha value is -3.23. The monoisotopic (exact) mass is 345 g/mol. The van der Waals surface area contributed by atoms with Crippen molar-refractivity contribution in [2.75, 3.05) is 42.1 Å². The zero-order chi connectivity index (χ0) is 17.8. The molecule has 0 aliphatic carbocycles. The summed E-state index contributed by atoms with van der Waals surface area (Å²) in [7, 11) is 0. The summed E-state index contributed by atoms with van der Waals surface area (Å²) < 4.78 is 0. The normalized spacial score (nSPS) is 14.3. The van der Waals surface area contributed by atoms with Gasteiger partial charge in [0.25, 0.3) is 5.91 Å². The van der Waals surface area contributed by atoms with Crippen molar-refractivity contribution in [3.63, 3.8) is 0 Å². The number of anilines is 3. The fourth-order valence-corrected chi connectivity index (χ4v) is 2.57. The minimum absolute atomic E-state index is 0. The molecular formula is C16H23N7O2. The van der Waals surface area contributed by atoms with Crippen molar-refractivity contribution >= 4 is 29.3 Å². The lowest BCUT2D eigenvalue weighted by atomic mass is 10.3. The summed E-state index contributed by atoms with van der Waals surface area (Å²) in [4.78, 5) is 40.0. The predicted octanol–water partition coefficient (Wildman–Crippen LogP) is 0.867. The van der Waals surface area contributed by atoms with E-state index >= 15 is 0 Å². The Morgan fingerprint density at radius 1 is 1.20 bits per heavy atom. The van der Waals surface area contributed by atoms with Crippen LogP contribution in [0.3, 0.4) is 0 Å². The molecule has 0 spiro atoms. The first-order chi connectivity index (χ1) is 12.0. The zero-order valence-corrected chi connectivity index (χ0v) is 13.8. The number of rotatable bonds is 3. The lowest BCUT2D eigenvalue weighted by Crippen LogP contribution is -2.48. The number of carbonyl (C=O) groups is 2. The minimum atomic E-state index is -0.465. The molecule has 2 amide bonds. The molecule has 25 heavy (non-hydrogen) atoms. The minimum Gasteiger partial charge on any atom is -0.382 e. The average molecular weight is 345 g/mol. The van der Waals surface area contributed by atoms with Gasteiger partial charge in [0, 0.05) is 42.2 Å². The highest BCUT2D eigenvalue weighted by molar-refractivity contribution is 6.05. The first-order valence-corrected chi connectivity index (χ1v) is 7.90. The Morgan fingerprint density at radius 3 is 2.60 bits per heavy atom. The number of hydrogen-bond donors (Lipinski definition) is 2. The third-order valence-electron chi connectivity index (χ3n) is 3.96. The molecule has 134 valence electrons. The van der Waals surface area contributed by atoms with E-state index in [0.29, 0.717) is 37.8 Å². The molecule has 0 bridgehead atoms. The lowest BCUT2D eigenvalue weighted by molar-refractivity contribution is -0.129. The van der Waals surface area contributed by atoms with Crippen molar-refractivity contribution in [1.82, 2.24) is 19.9 Å². The lowest BCUT2D eigenvalue weighted by Gasteiger charge is -2.34. The van der Waals surface area contributed by atoms with Crippen LogP contribution >= 0.6 is 0 Å². The molecule has 0 saturated carbocycles. The number of piperazine rings is 1. The number of nitrogens with two attached hydrogens (primary N) is 1. The number of nitrogens with one attached hydrogen (secondary N) is 1. The third-order valence-corrected chi connectivity index (χ3v) is 3.96. The molecule has 9 heteroatoms. The maximum Gasteiger partial charge on any atom is 0.279 e. The zero-order valence-electron chi connectivity index (χ0n) is 13.8. The van der Waals surface area contributed by atoms with Gasteiger partial charge in [0.1, 0.15) is 11.6 Å². The molecular weight excluding hydrogens is 322 g/mol. The molecule has 0 atom stereocenters. The van der Waals surface area contributed by atoms with Gasteiger partial charge in [0.05, 0.1) is 6.20 Å². The van der Waals surface area contributed by atoms with E-state index in [1.54, 1.807) is 36.2 Å². The van der Waals surface area contributed by atoms with Crippen LogP contribution in [-0.2, 0) is 4.79 Å². The average Bonchev–Trinajstić information content (AvgIpc) is 2.63. The van der Waals surface area contributed by atoms with Crippen LogP contribution in [-0.4, -0.2) is 57.8 Å². The standard InChI is InChI=1S/C16H19N7O2.2H2/c1-11(24)22-6-8-23(9-7-22)13-10-19-15(17)14(21-13)16(25)20-12-4-2-3-5-18-12;;/h2-5,10H,6-9H2,1H3,(H2,17,19)(H,18,20,25);2*1H. The summed E-state index contributed by atoms with van der Waals surface area (Å²) in [5.74, 6) is 0.615. The number of pyridine rings is 1. The molecule has 3 rings (SSSR count). The van der Waals surface area contributed by atoms with Gasteiger partial charge >= 0.3 is 0 Å². The van der Waals surface area contributed by atoms with Crippen molar-refractivity contribution in [3.8, 4) is 0 Å². The number of aromatic nitrogens is 3. The fourth-order valence-electron chi connectivity index (χ4n) is 2.57. The molecule has 1 aliphatic rings. The second-order valence-electron chi connectivity index (χ2n) is 5.62. The van der Waals surface area contributed by atoms with E-state index < -0.39 is 5.91 Å². The van der Waals surface area contributed by atoms with E-state index in [2.05, 4.69) is 20.3 Å². The topological polar surface area (TPSA) is 117 Å². The van der Waals surface area contributed by atoms with Crippen LogP contribution in [0.2, 0.25) is 0 Å². The third kappa shape index (κ3) is 3.82. The summed E-state index contributed by atoms with van der Waals surface area (Å²) in [6.45, 7) is 4.02. The van der Waals surface area contributed by atoms with Gasteiger partial charge < -0.3 is 20.9 Å². The van der Waals surface area contributed by atoms with Crippen LogP contribution in [0, 0.1) is 0 Å². The van der Waals surface area contributed by atoms with Crippen LogP contribution in [0.25, 0.3) is 0 Å². The summed E-state index contributed by atoms with van der Waals surface area (Å²) in [5.41, 5.74) is 5.86. The van der Waals surface area contributed by atoms with Crippen molar-refractivity contribution in [2.45, 2.75) is 6.92 Å². The number of hydrogen-bond acceptors (Lipinski definition) is 7. The predicted molar refractivity (Wildman–Crippen MR) is 97.3 cm³/mol. The van der Waals surface area contributed by atoms with Gasteiger partial charge in [-0.05, 0) is 12.1 Å². The van der Waals surface area contributed by atoms with Gasteiger partial charge in [-0.15, -0.1) is 0 Å². The van der Waals surface area contributed by atoms with E-state index in [9.17, 15) is 9.59 Å². The van der Waals surface area contributed by atoms with Gasteiger partial charge in [0.2, 0.25) is 5.91 Å². The SMILES string of the molecule is CC(=O)N1CCN(c2cnc(N)c(C(=O)Nc3ccccn3)n2)CC1.[HH].[HH]. The number of nitrogen functional groups attached to an aromatic ring is 1. The fraction of sp³-hybridized carbons (Fsp3) is 0.312. The molecule has 2 aromatic rings. The maximum atomic E-state index is 12.4. The van der Waals surface area contributed by atoms with E-state index in [-0.39, 0.29) is 20.3 Å². The highest BCUT2D eigenvalue weighted by atomic mass is 16.2. The molecule has 1 saturated heterocycles. The van der Waals surface area contributed by atoms with Gasteiger partial charge in [-0.25, -0.2) is 15.0 Å². The van der Waals surface area contributed by atoms with E-state index in [0.717, 1.165) is 0 Å². The quantitative estimate of drug-likeness (QED) is 0.847. The molecule has 0 radical (unpaired) electrons. The number of carbonyl (C=O) groups excluding carboxylic acids is 2. The van der Waals surface area contributed by atoms with Crippen LogP contribution < -0.4 is 16.0 Å². The van der Waals surface area contributed by atoms with Crippen LogP contribution in [0.4, 0.5) is 17.5 Å². The number of amides is 2. The Bertz CT molecular complexity index is 784. The molecule has 0 unspecified atom stereocenters. The second kappa shape index (κ2) is 7.12. The maximum absolute atomic E-state index is 12.4. The summed E-state index contributed by atoms with van der Waals surface area (Å²) in [6, 6.07) is 5.19. The summed E-state index contributed by atoms with van der Waals surface area (Å²) in [5, 5.41) is 2.65. The highest BCUT2D eigenvalue weighted by Crippen LogP contribution is 2.17. The molecule has 2 aromatic heterocycles. The molecule has 1 aliphatic heterocycles.